The van der Waals surface area contributed by atoms with E-state index >= 15 is 0 Å². The van der Waals surface area contributed by atoms with Gasteiger partial charge in [0.2, 0.25) is 5.71 Å². The minimum Gasteiger partial charge on any atom is -0.486 e. The third-order valence-corrected chi connectivity index (χ3v) is 10.5. The summed E-state index contributed by atoms with van der Waals surface area (Å²) in [4.78, 5) is 14.1. The summed E-state index contributed by atoms with van der Waals surface area (Å²) in [6.07, 6.45) is 5.07. The largest absolute Gasteiger partial charge is 0.486 e. The van der Waals surface area contributed by atoms with Crippen molar-refractivity contribution in [2.24, 2.45) is 5.41 Å². The van der Waals surface area contributed by atoms with Crippen molar-refractivity contribution in [3.8, 4) is 22.5 Å². The molecule has 0 aliphatic heterocycles. The number of fused-ring (bicyclic) bond motifs is 3. The van der Waals surface area contributed by atoms with E-state index in [1.54, 1.807) is 0 Å². The molecule has 4 heterocycles. The van der Waals surface area contributed by atoms with E-state index in [9.17, 15) is 0 Å². The van der Waals surface area contributed by atoms with Crippen LogP contribution < -0.4 is 5.19 Å². The van der Waals surface area contributed by atoms with E-state index in [4.69, 9.17) is 14.4 Å². The summed E-state index contributed by atoms with van der Waals surface area (Å²) in [6, 6.07) is 29.3. The Bertz CT molecular complexity index is 2040. The second-order valence-electron chi connectivity index (χ2n) is 17.2. The predicted octanol–water partition coefficient (Wildman–Crippen LogP) is 11.1. The molecule has 0 spiro atoms. The van der Waals surface area contributed by atoms with Gasteiger partial charge in [-0.1, -0.05) is 111 Å². The van der Waals surface area contributed by atoms with Gasteiger partial charge in [-0.2, -0.15) is 0 Å². The van der Waals surface area contributed by atoms with Gasteiger partial charge in [-0.3, -0.25) is 0 Å². The number of aromatic nitrogens is 3. The quantitative estimate of drug-likeness (QED) is 0.131. The maximum Gasteiger partial charge on any atom is 0.216 e. The van der Waals surface area contributed by atoms with Crippen LogP contribution in [0.4, 0.5) is 0 Å². The molecule has 0 unspecified atom stereocenters. The molecule has 6 aromatic rings. The monoisotopic (exact) mass is 846 g/mol. The van der Waals surface area contributed by atoms with Crippen LogP contribution in [0.25, 0.3) is 44.6 Å². The molecular weight excluding hydrogens is 795 g/mol. The molecule has 6 heteroatoms. The van der Waals surface area contributed by atoms with Crippen LogP contribution in [0.1, 0.15) is 79.1 Å². The number of rotatable bonds is 4. The molecule has 1 radical (unpaired) electrons. The van der Waals surface area contributed by atoms with Gasteiger partial charge in [-0.05, 0) is 57.6 Å². The van der Waals surface area contributed by atoms with Crippen molar-refractivity contribution in [1.29, 1.82) is 0 Å². The predicted molar refractivity (Wildman–Crippen MR) is 206 cm³/mol. The number of pyridine rings is 3. The van der Waals surface area contributed by atoms with Crippen LogP contribution in [0, 0.1) is 17.5 Å². The summed E-state index contributed by atoms with van der Waals surface area (Å²) in [5, 5.41) is 3.56. The first kappa shape index (κ1) is 38.4. The number of benzene rings is 2. The molecular formula is C43H51IrN3OSi-2. The third-order valence-electron chi connectivity index (χ3n) is 8.45. The van der Waals surface area contributed by atoms with E-state index in [0.717, 1.165) is 51.0 Å². The Morgan fingerprint density at radius 2 is 1.47 bits per heavy atom. The summed E-state index contributed by atoms with van der Waals surface area (Å²) in [6.45, 7) is 27.2. The number of hydrogen-bond donors (Lipinski definition) is 0. The van der Waals surface area contributed by atoms with Crippen LogP contribution in [-0.4, -0.2) is 23.0 Å². The average molecular weight is 846 g/mol. The minimum atomic E-state index is -1.37. The first-order chi connectivity index (χ1) is 22.3. The molecule has 0 saturated heterocycles. The summed E-state index contributed by atoms with van der Waals surface area (Å²) < 4.78 is 6.22. The second kappa shape index (κ2) is 14.4. The molecule has 49 heavy (non-hydrogen) atoms. The standard InChI is InChI=1S/C24H25N2O.C19H26NSi.Ir/c1-23(2,3)15-12-13-25-19(14-15)18-9-7-8-16-17-10-11-20(24(4,5)6)26-22(17)27-21(16)18;1-19(2,3)13-16-12-17(15-10-8-7-9-11-15)20-14-18(16)21(4,5)6;/h7-8,10-14H,1-6H3;7-10,12,14H,13H2,1-6H3;/q2*-1;. The van der Waals surface area contributed by atoms with Crippen LogP contribution in [-0.2, 0) is 37.4 Å². The van der Waals surface area contributed by atoms with Crippen molar-refractivity contribution in [3.63, 3.8) is 0 Å². The van der Waals surface area contributed by atoms with E-state index in [0.29, 0.717) is 5.71 Å². The molecule has 0 aliphatic carbocycles. The summed E-state index contributed by atoms with van der Waals surface area (Å²) in [5.41, 5.74) is 9.39. The molecule has 4 nitrogen and oxygen atoms in total. The average Bonchev–Trinajstić information content (AvgIpc) is 3.38. The summed E-state index contributed by atoms with van der Waals surface area (Å²) in [7, 11) is -1.37. The molecule has 0 atom stereocenters. The van der Waals surface area contributed by atoms with Crippen molar-refractivity contribution in [2.75, 3.05) is 0 Å². The molecule has 0 fully saturated rings. The van der Waals surface area contributed by atoms with Crippen LogP contribution in [0.2, 0.25) is 19.6 Å². The Labute approximate surface area is 308 Å². The van der Waals surface area contributed by atoms with Gasteiger partial charge in [-0.25, -0.2) is 4.98 Å². The van der Waals surface area contributed by atoms with Gasteiger partial charge in [0.05, 0.1) is 13.7 Å². The zero-order valence-electron chi connectivity index (χ0n) is 31.3. The SMILES string of the molecule is CC(C)(C)Cc1cc(-c2[c-]cccc2)ncc1[Si](C)(C)C.CC(C)(C)c1ccnc(-c2[c-]ccc3c2oc2nc(C(C)(C)C)ccc23)c1.[Ir]. The third kappa shape index (κ3) is 9.22. The Morgan fingerprint density at radius 1 is 0.735 bits per heavy atom. The second-order valence-corrected chi connectivity index (χ2v) is 22.2. The maximum absolute atomic E-state index is 6.22. The molecule has 0 amide bonds. The molecule has 4 aromatic heterocycles. The molecule has 259 valence electrons. The van der Waals surface area contributed by atoms with Crippen LogP contribution in [0.5, 0.6) is 0 Å². The summed E-state index contributed by atoms with van der Waals surface area (Å²) in [5.74, 6) is 0. The Hall–Kier alpha value is -3.44. The fourth-order valence-electron chi connectivity index (χ4n) is 5.85. The van der Waals surface area contributed by atoms with Crippen molar-refractivity contribution in [3.05, 3.63) is 108 Å². The summed E-state index contributed by atoms with van der Waals surface area (Å²) >= 11 is 0. The van der Waals surface area contributed by atoms with E-state index < -0.39 is 8.07 Å². The molecule has 6 rings (SSSR count). The van der Waals surface area contributed by atoms with Crippen LogP contribution in [0.15, 0.2) is 83.5 Å². The zero-order valence-corrected chi connectivity index (χ0v) is 34.7. The normalized spacial score (nSPS) is 12.4. The maximum atomic E-state index is 6.22. The van der Waals surface area contributed by atoms with E-state index in [1.807, 2.05) is 36.5 Å². The first-order valence-electron chi connectivity index (χ1n) is 17.0. The molecule has 0 saturated carbocycles. The number of nitrogens with zero attached hydrogens (tertiary/aromatic N) is 3. The Kier molecular flexibility index (Phi) is 11.3. The smallest absolute Gasteiger partial charge is 0.216 e. The van der Waals surface area contributed by atoms with E-state index in [-0.39, 0.29) is 36.4 Å². The van der Waals surface area contributed by atoms with E-state index in [2.05, 4.69) is 142 Å². The molecule has 2 aromatic carbocycles. The van der Waals surface area contributed by atoms with Gasteiger partial charge in [0.1, 0.15) is 0 Å². The Morgan fingerprint density at radius 3 is 2.08 bits per heavy atom. The Balaban J connectivity index is 0.000000224. The van der Waals surface area contributed by atoms with Crippen molar-refractivity contribution >= 4 is 35.3 Å². The van der Waals surface area contributed by atoms with Gasteiger partial charge in [0, 0.05) is 49.0 Å². The van der Waals surface area contributed by atoms with Gasteiger partial charge in [-0.15, -0.1) is 54.1 Å². The van der Waals surface area contributed by atoms with E-state index in [1.165, 1.54) is 16.3 Å². The van der Waals surface area contributed by atoms with Crippen molar-refractivity contribution in [1.82, 2.24) is 15.0 Å². The van der Waals surface area contributed by atoms with Gasteiger partial charge in [0.25, 0.3) is 0 Å². The minimum absolute atomic E-state index is 0. The molecule has 0 bridgehead atoms. The van der Waals surface area contributed by atoms with Crippen LogP contribution in [0.3, 0.4) is 0 Å². The number of furan rings is 1. The van der Waals surface area contributed by atoms with Crippen molar-refractivity contribution in [2.45, 2.75) is 99.2 Å². The molecule has 0 N–H and O–H groups in total. The molecule has 0 aliphatic rings. The van der Waals surface area contributed by atoms with Gasteiger partial charge in [0.15, 0.2) is 0 Å². The first-order valence-corrected chi connectivity index (χ1v) is 20.5. The van der Waals surface area contributed by atoms with Crippen LogP contribution >= 0.6 is 0 Å². The fourth-order valence-corrected chi connectivity index (χ4v) is 7.43. The van der Waals surface area contributed by atoms with Gasteiger partial charge < -0.3 is 14.4 Å². The van der Waals surface area contributed by atoms with Crippen molar-refractivity contribution < 1.29 is 24.5 Å². The van der Waals surface area contributed by atoms with Gasteiger partial charge >= 0.3 is 0 Å². The number of hydrogen-bond acceptors (Lipinski definition) is 4. The fraction of sp³-hybridized carbons (Fsp3) is 0.372. The topological polar surface area (TPSA) is 51.8 Å². The zero-order chi connectivity index (χ0) is 35.1.